The van der Waals surface area contributed by atoms with Crippen LogP contribution in [0.1, 0.15) is 39.4 Å². The highest BCUT2D eigenvalue weighted by Gasteiger charge is 2.12. The van der Waals surface area contributed by atoms with Crippen molar-refractivity contribution in [3.63, 3.8) is 0 Å². The molecule has 18 heavy (non-hydrogen) atoms. The Kier molecular flexibility index (Phi) is 5.98. The largest absolute Gasteiger partial charge is 0.330 e. The van der Waals surface area contributed by atoms with Crippen LogP contribution in [0, 0.1) is 11.8 Å². The van der Waals surface area contributed by atoms with E-state index < -0.39 is 0 Å². The number of hydrogen-bond acceptors (Lipinski definition) is 4. The number of nitrogens with zero attached hydrogens (tertiary/aromatic N) is 3. The molecule has 0 amide bonds. The number of carbonyl (C=O) groups is 1. The quantitative estimate of drug-likeness (QED) is 0.759. The van der Waals surface area contributed by atoms with Crippen LogP contribution < -0.4 is 5.73 Å². The second kappa shape index (κ2) is 7.26. The number of nitrogens with two attached hydrogens (primary N) is 1. The van der Waals surface area contributed by atoms with Crippen LogP contribution in [0.15, 0.2) is 6.33 Å². The lowest BCUT2D eigenvalue weighted by molar-refractivity contribution is -0.118. The fourth-order valence-corrected chi connectivity index (χ4v) is 1.71. The number of hydrogen-bond donors (Lipinski definition) is 1. The van der Waals surface area contributed by atoms with Crippen molar-refractivity contribution >= 4 is 5.78 Å². The zero-order chi connectivity index (χ0) is 13.5. The van der Waals surface area contributed by atoms with Crippen molar-refractivity contribution in [1.29, 1.82) is 0 Å². The maximum Gasteiger partial charge on any atom is 0.140 e. The third kappa shape index (κ3) is 4.96. The minimum Gasteiger partial charge on any atom is -0.330 e. The highest BCUT2D eigenvalue weighted by molar-refractivity contribution is 5.80. The molecule has 1 aromatic rings. The molecule has 1 heterocycles. The van der Waals surface area contributed by atoms with Gasteiger partial charge in [-0.25, -0.2) is 9.67 Å². The number of ketones is 1. The molecule has 0 aliphatic carbocycles. The van der Waals surface area contributed by atoms with E-state index >= 15 is 0 Å². The summed E-state index contributed by atoms with van der Waals surface area (Å²) in [5.41, 5.74) is 5.54. The molecule has 0 saturated carbocycles. The minimum atomic E-state index is 0.216. The Morgan fingerprint density at radius 3 is 2.78 bits per heavy atom. The van der Waals surface area contributed by atoms with Gasteiger partial charge in [-0.3, -0.25) is 4.79 Å². The third-order valence-electron chi connectivity index (χ3n) is 2.91. The average molecular weight is 252 g/mol. The van der Waals surface area contributed by atoms with Gasteiger partial charge in [0.1, 0.15) is 17.9 Å². The molecule has 1 aromatic heterocycles. The summed E-state index contributed by atoms with van der Waals surface area (Å²) in [6, 6.07) is 0. The highest BCUT2D eigenvalue weighted by Crippen LogP contribution is 2.07. The lowest BCUT2D eigenvalue weighted by Crippen LogP contribution is -2.16. The Balaban J connectivity index is 2.46. The van der Waals surface area contributed by atoms with Crippen molar-refractivity contribution in [3.05, 3.63) is 12.2 Å². The Hall–Kier alpha value is -1.23. The molecule has 1 unspecified atom stereocenters. The zero-order valence-electron chi connectivity index (χ0n) is 11.6. The minimum absolute atomic E-state index is 0.216. The van der Waals surface area contributed by atoms with Gasteiger partial charge in [-0.2, -0.15) is 5.10 Å². The summed E-state index contributed by atoms with van der Waals surface area (Å²) in [5.74, 6) is 1.89. The van der Waals surface area contributed by atoms with E-state index in [1.54, 1.807) is 0 Å². The monoisotopic (exact) mass is 252 g/mol. The first-order chi connectivity index (χ1) is 8.52. The normalized spacial score (nSPS) is 12.9. The molecule has 0 bridgehead atoms. The fraction of sp³-hybridized carbons (Fsp3) is 0.769. The van der Waals surface area contributed by atoms with Gasteiger partial charge in [-0.05, 0) is 24.8 Å². The zero-order valence-corrected chi connectivity index (χ0v) is 11.6. The summed E-state index contributed by atoms with van der Waals surface area (Å²) in [6.45, 7) is 7.75. The first kappa shape index (κ1) is 14.8. The van der Waals surface area contributed by atoms with Gasteiger partial charge in [0.05, 0.1) is 6.42 Å². The second-order valence-corrected chi connectivity index (χ2v) is 5.35. The summed E-state index contributed by atoms with van der Waals surface area (Å²) in [4.78, 5) is 16.0. The van der Waals surface area contributed by atoms with Crippen molar-refractivity contribution in [2.24, 2.45) is 17.6 Å². The van der Waals surface area contributed by atoms with E-state index in [2.05, 4.69) is 30.9 Å². The maximum absolute atomic E-state index is 11.8. The molecule has 0 spiro atoms. The van der Waals surface area contributed by atoms with E-state index in [4.69, 9.17) is 5.73 Å². The molecule has 0 saturated heterocycles. The lowest BCUT2D eigenvalue weighted by atomic mass is 10.0. The van der Waals surface area contributed by atoms with Gasteiger partial charge in [0, 0.05) is 13.0 Å². The van der Waals surface area contributed by atoms with Crippen molar-refractivity contribution in [1.82, 2.24) is 14.8 Å². The molecule has 0 aliphatic rings. The van der Waals surface area contributed by atoms with E-state index in [9.17, 15) is 4.79 Å². The predicted octanol–water partition coefficient (Wildman–Crippen LogP) is 1.42. The SMILES string of the molecule is CC(C)Cn1ncnc1CC(=O)CCC(C)CN. The van der Waals surface area contributed by atoms with Crippen LogP contribution in [0.4, 0.5) is 0 Å². The molecule has 0 aromatic carbocycles. The first-order valence-electron chi connectivity index (χ1n) is 6.61. The molecule has 0 radical (unpaired) electrons. The Labute approximate surface area is 109 Å². The van der Waals surface area contributed by atoms with E-state index in [0.29, 0.717) is 31.2 Å². The smallest absolute Gasteiger partial charge is 0.140 e. The molecule has 0 fully saturated rings. The standard InChI is InChI=1S/C13H24N4O/c1-10(2)8-17-13(15-9-16-17)6-12(18)5-4-11(3)7-14/h9-11H,4-8,14H2,1-3H3. The Morgan fingerprint density at radius 1 is 1.44 bits per heavy atom. The molecule has 5 nitrogen and oxygen atoms in total. The predicted molar refractivity (Wildman–Crippen MR) is 71.0 cm³/mol. The van der Waals surface area contributed by atoms with Crippen LogP contribution in [0.2, 0.25) is 0 Å². The number of aromatic nitrogens is 3. The van der Waals surface area contributed by atoms with E-state index in [1.165, 1.54) is 6.33 Å². The maximum atomic E-state index is 11.8. The Morgan fingerprint density at radius 2 is 2.17 bits per heavy atom. The molecule has 2 N–H and O–H groups in total. The fourth-order valence-electron chi connectivity index (χ4n) is 1.71. The molecule has 102 valence electrons. The highest BCUT2D eigenvalue weighted by atomic mass is 16.1. The summed E-state index contributed by atoms with van der Waals surface area (Å²) in [5, 5.41) is 4.15. The van der Waals surface area contributed by atoms with Gasteiger partial charge in [0.25, 0.3) is 0 Å². The number of carbonyl (C=O) groups excluding carboxylic acids is 1. The summed E-state index contributed by atoms with van der Waals surface area (Å²) in [6.07, 6.45) is 3.33. The van der Waals surface area contributed by atoms with Crippen molar-refractivity contribution in [3.8, 4) is 0 Å². The number of rotatable bonds is 8. The van der Waals surface area contributed by atoms with E-state index in [1.807, 2.05) is 4.68 Å². The van der Waals surface area contributed by atoms with Gasteiger partial charge in [0.2, 0.25) is 0 Å². The number of Topliss-reactive ketones (excluding diaryl/α,β-unsaturated/α-hetero) is 1. The average Bonchev–Trinajstić information content (AvgIpc) is 2.72. The van der Waals surface area contributed by atoms with Crippen molar-refractivity contribution in [2.45, 2.75) is 46.6 Å². The summed E-state index contributed by atoms with van der Waals surface area (Å²) in [7, 11) is 0. The van der Waals surface area contributed by atoms with Crippen LogP contribution in [-0.4, -0.2) is 27.1 Å². The van der Waals surface area contributed by atoms with Crippen LogP contribution in [0.25, 0.3) is 0 Å². The van der Waals surface area contributed by atoms with Gasteiger partial charge >= 0.3 is 0 Å². The van der Waals surface area contributed by atoms with Gasteiger partial charge in [0.15, 0.2) is 0 Å². The van der Waals surface area contributed by atoms with Gasteiger partial charge in [-0.15, -0.1) is 0 Å². The second-order valence-electron chi connectivity index (χ2n) is 5.35. The molecule has 5 heteroatoms. The summed E-state index contributed by atoms with van der Waals surface area (Å²) < 4.78 is 1.83. The van der Waals surface area contributed by atoms with Crippen LogP contribution in [0.3, 0.4) is 0 Å². The summed E-state index contributed by atoms with van der Waals surface area (Å²) >= 11 is 0. The van der Waals surface area contributed by atoms with Crippen molar-refractivity contribution < 1.29 is 4.79 Å². The van der Waals surface area contributed by atoms with E-state index in [-0.39, 0.29) is 5.78 Å². The molecular formula is C13H24N4O. The van der Waals surface area contributed by atoms with Gasteiger partial charge in [-0.1, -0.05) is 20.8 Å². The molecule has 1 rings (SSSR count). The van der Waals surface area contributed by atoms with Gasteiger partial charge < -0.3 is 5.73 Å². The van der Waals surface area contributed by atoms with Crippen LogP contribution in [0.5, 0.6) is 0 Å². The molecular weight excluding hydrogens is 228 g/mol. The topological polar surface area (TPSA) is 73.8 Å². The lowest BCUT2D eigenvalue weighted by Gasteiger charge is -2.09. The van der Waals surface area contributed by atoms with E-state index in [0.717, 1.165) is 18.8 Å². The molecule has 0 aliphatic heterocycles. The Bertz CT molecular complexity index is 373. The van der Waals surface area contributed by atoms with Crippen LogP contribution >= 0.6 is 0 Å². The third-order valence-corrected chi connectivity index (χ3v) is 2.91. The van der Waals surface area contributed by atoms with Crippen molar-refractivity contribution in [2.75, 3.05) is 6.54 Å². The first-order valence-corrected chi connectivity index (χ1v) is 6.61. The molecule has 1 atom stereocenters. The van der Waals surface area contributed by atoms with Crippen LogP contribution in [-0.2, 0) is 17.8 Å².